The maximum absolute atomic E-state index is 10.7. The molecule has 0 unspecified atom stereocenters. The van der Waals surface area contributed by atoms with Crippen LogP contribution >= 0.6 is 11.6 Å². The van der Waals surface area contributed by atoms with Crippen LogP contribution in [0.5, 0.6) is 0 Å². The Balaban J connectivity index is 2.03. The monoisotopic (exact) mass is 283 g/mol. The molecule has 1 aliphatic rings. The fourth-order valence-electron chi connectivity index (χ4n) is 2.42. The average Bonchev–Trinajstić information content (AvgIpc) is 2.41. The van der Waals surface area contributed by atoms with Gasteiger partial charge in [-0.15, -0.1) is 0 Å². The average molecular weight is 284 g/mol. The molecule has 1 aromatic rings. The summed E-state index contributed by atoms with van der Waals surface area (Å²) in [6.45, 7) is 2.81. The van der Waals surface area contributed by atoms with E-state index in [1.807, 2.05) is 0 Å². The zero-order valence-electron chi connectivity index (χ0n) is 10.9. The first-order valence-corrected chi connectivity index (χ1v) is 6.79. The summed E-state index contributed by atoms with van der Waals surface area (Å²) in [5.41, 5.74) is 0.978. The van der Waals surface area contributed by atoms with E-state index in [0.29, 0.717) is 11.1 Å². The lowest BCUT2D eigenvalue weighted by atomic mass is 10.0. The van der Waals surface area contributed by atoms with Crippen LogP contribution in [0.25, 0.3) is 0 Å². The molecule has 2 rings (SSSR count). The summed E-state index contributed by atoms with van der Waals surface area (Å²) in [7, 11) is 2.08. The van der Waals surface area contributed by atoms with Gasteiger partial charge < -0.3 is 5.32 Å². The van der Waals surface area contributed by atoms with Crippen molar-refractivity contribution in [3.63, 3.8) is 0 Å². The van der Waals surface area contributed by atoms with Gasteiger partial charge in [0.15, 0.2) is 0 Å². The van der Waals surface area contributed by atoms with Crippen molar-refractivity contribution >= 4 is 17.3 Å². The van der Waals surface area contributed by atoms with Gasteiger partial charge >= 0.3 is 0 Å². The summed E-state index contributed by atoms with van der Waals surface area (Å²) < 4.78 is 0. The summed E-state index contributed by atoms with van der Waals surface area (Å²) in [5, 5.41) is 14.5. The number of benzene rings is 1. The van der Waals surface area contributed by atoms with Crippen LogP contribution < -0.4 is 5.32 Å². The number of hydrogen-bond acceptors (Lipinski definition) is 4. The maximum atomic E-state index is 10.7. The zero-order chi connectivity index (χ0) is 13.8. The van der Waals surface area contributed by atoms with Crippen LogP contribution in [0.2, 0.25) is 5.02 Å². The van der Waals surface area contributed by atoms with E-state index in [0.717, 1.165) is 38.0 Å². The van der Waals surface area contributed by atoms with Gasteiger partial charge in [-0.2, -0.15) is 0 Å². The molecule has 0 bridgehead atoms. The molecular formula is C13H18ClN3O2. The normalized spacial score (nSPS) is 16.8. The number of non-ortho nitro benzene ring substituents is 1. The molecule has 5 nitrogen and oxygen atoms in total. The van der Waals surface area contributed by atoms with Gasteiger partial charge in [0.25, 0.3) is 5.69 Å². The van der Waals surface area contributed by atoms with Crippen molar-refractivity contribution < 1.29 is 4.92 Å². The fourth-order valence-corrected chi connectivity index (χ4v) is 2.66. The first-order valence-electron chi connectivity index (χ1n) is 6.41. The number of nitrogens with one attached hydrogen (secondary N) is 1. The molecule has 1 N–H and O–H groups in total. The smallest absolute Gasteiger partial charge is 0.270 e. The van der Waals surface area contributed by atoms with E-state index in [9.17, 15) is 10.1 Å². The lowest BCUT2D eigenvalue weighted by Crippen LogP contribution is -2.40. The Hall–Kier alpha value is -1.17. The van der Waals surface area contributed by atoms with Gasteiger partial charge in [0.05, 0.1) is 9.95 Å². The highest BCUT2D eigenvalue weighted by molar-refractivity contribution is 6.31. The minimum Gasteiger partial charge on any atom is -0.317 e. The topological polar surface area (TPSA) is 58.4 Å². The van der Waals surface area contributed by atoms with Crippen LogP contribution in [0, 0.1) is 10.1 Å². The third-order valence-corrected chi connectivity index (χ3v) is 3.95. The zero-order valence-corrected chi connectivity index (χ0v) is 11.7. The summed E-state index contributed by atoms with van der Waals surface area (Å²) in [6.07, 6.45) is 2.25. The molecular weight excluding hydrogens is 266 g/mol. The largest absolute Gasteiger partial charge is 0.317 e. The van der Waals surface area contributed by atoms with Crippen LogP contribution in [-0.2, 0) is 6.54 Å². The SMILES string of the molecule is CN(Cc1ccc([N+](=O)[O-])cc1Cl)C1CCNCC1. The summed E-state index contributed by atoms with van der Waals surface area (Å²) in [5.74, 6) is 0. The minimum absolute atomic E-state index is 0.0401. The highest BCUT2D eigenvalue weighted by Gasteiger charge is 2.19. The predicted octanol–water partition coefficient (Wildman–Crippen LogP) is 2.43. The van der Waals surface area contributed by atoms with Crippen LogP contribution in [-0.4, -0.2) is 36.0 Å². The second kappa shape index (κ2) is 6.32. The number of piperidine rings is 1. The Morgan fingerprint density at radius 1 is 1.47 bits per heavy atom. The molecule has 0 saturated carbocycles. The molecule has 6 heteroatoms. The first kappa shape index (κ1) is 14.2. The molecule has 0 spiro atoms. The number of halogens is 1. The van der Waals surface area contributed by atoms with Gasteiger partial charge in [-0.3, -0.25) is 15.0 Å². The van der Waals surface area contributed by atoms with Crippen LogP contribution in [0.4, 0.5) is 5.69 Å². The second-order valence-electron chi connectivity index (χ2n) is 4.93. The highest BCUT2D eigenvalue weighted by Crippen LogP contribution is 2.24. The van der Waals surface area contributed by atoms with Crippen LogP contribution in [0.3, 0.4) is 0 Å². The molecule has 1 aliphatic heterocycles. The summed E-state index contributed by atoms with van der Waals surface area (Å²) in [6, 6.07) is 5.23. The van der Waals surface area contributed by atoms with E-state index in [-0.39, 0.29) is 5.69 Å². The van der Waals surface area contributed by atoms with Crippen molar-refractivity contribution in [1.29, 1.82) is 0 Å². The standard InChI is InChI=1S/C13H18ClN3O2/c1-16(11-4-6-15-7-5-11)9-10-2-3-12(17(18)19)8-13(10)14/h2-3,8,11,15H,4-7,9H2,1H3. The highest BCUT2D eigenvalue weighted by atomic mass is 35.5. The molecule has 0 radical (unpaired) electrons. The quantitative estimate of drug-likeness (QED) is 0.681. The van der Waals surface area contributed by atoms with Crippen molar-refractivity contribution in [1.82, 2.24) is 10.2 Å². The molecule has 1 heterocycles. The number of nitro benzene ring substituents is 1. The van der Waals surface area contributed by atoms with Gasteiger partial charge in [-0.05, 0) is 44.6 Å². The Morgan fingerprint density at radius 3 is 2.74 bits per heavy atom. The van der Waals surface area contributed by atoms with Gasteiger partial charge in [-0.25, -0.2) is 0 Å². The van der Waals surface area contributed by atoms with Crippen LogP contribution in [0.1, 0.15) is 18.4 Å². The van der Waals surface area contributed by atoms with Gasteiger partial charge in [0.2, 0.25) is 0 Å². The summed E-state index contributed by atoms with van der Waals surface area (Å²) >= 11 is 6.11. The molecule has 0 aromatic heterocycles. The summed E-state index contributed by atoms with van der Waals surface area (Å²) in [4.78, 5) is 12.5. The minimum atomic E-state index is -0.424. The molecule has 19 heavy (non-hydrogen) atoms. The molecule has 104 valence electrons. The second-order valence-corrected chi connectivity index (χ2v) is 5.34. The molecule has 0 aliphatic carbocycles. The van der Waals surface area contributed by atoms with Gasteiger partial charge in [0, 0.05) is 24.7 Å². The van der Waals surface area contributed by atoms with Gasteiger partial charge in [-0.1, -0.05) is 11.6 Å². The molecule has 1 saturated heterocycles. The van der Waals surface area contributed by atoms with Crippen LogP contribution in [0.15, 0.2) is 18.2 Å². The van der Waals surface area contributed by atoms with Crippen molar-refractivity contribution in [2.24, 2.45) is 0 Å². The van der Waals surface area contributed by atoms with E-state index >= 15 is 0 Å². The van der Waals surface area contributed by atoms with Crippen molar-refractivity contribution in [2.75, 3.05) is 20.1 Å². The van der Waals surface area contributed by atoms with E-state index in [2.05, 4.69) is 17.3 Å². The van der Waals surface area contributed by atoms with E-state index in [4.69, 9.17) is 11.6 Å². The predicted molar refractivity (Wildman–Crippen MR) is 75.5 cm³/mol. The molecule has 0 atom stereocenters. The van der Waals surface area contributed by atoms with Crippen molar-refractivity contribution in [3.8, 4) is 0 Å². The Bertz CT molecular complexity index is 461. The lowest BCUT2D eigenvalue weighted by molar-refractivity contribution is -0.384. The molecule has 1 fully saturated rings. The lowest BCUT2D eigenvalue weighted by Gasteiger charge is -2.31. The van der Waals surface area contributed by atoms with Gasteiger partial charge in [0.1, 0.15) is 0 Å². The Labute approximate surface area is 117 Å². The number of hydrogen-bond donors (Lipinski definition) is 1. The van der Waals surface area contributed by atoms with E-state index in [1.165, 1.54) is 12.1 Å². The maximum Gasteiger partial charge on any atom is 0.270 e. The number of rotatable bonds is 4. The number of nitrogens with zero attached hydrogens (tertiary/aromatic N) is 2. The fraction of sp³-hybridized carbons (Fsp3) is 0.538. The number of nitro groups is 1. The Kier molecular flexibility index (Phi) is 4.74. The van der Waals surface area contributed by atoms with E-state index < -0.39 is 4.92 Å². The Morgan fingerprint density at radius 2 is 2.16 bits per heavy atom. The molecule has 1 aromatic carbocycles. The molecule has 0 amide bonds. The van der Waals surface area contributed by atoms with Crippen molar-refractivity contribution in [3.05, 3.63) is 38.9 Å². The third-order valence-electron chi connectivity index (χ3n) is 3.60. The first-order chi connectivity index (χ1) is 9.08. The van der Waals surface area contributed by atoms with E-state index in [1.54, 1.807) is 6.07 Å². The van der Waals surface area contributed by atoms with Crippen molar-refractivity contribution in [2.45, 2.75) is 25.4 Å². The third kappa shape index (κ3) is 3.65.